The Labute approximate surface area is 107 Å². The molecule has 3 rings (SSSR count). The molecule has 0 bridgehead atoms. The number of rotatable bonds is 2. The van der Waals surface area contributed by atoms with Crippen molar-refractivity contribution in [1.29, 1.82) is 0 Å². The topological polar surface area (TPSA) is 42.7 Å². The third-order valence-corrected chi connectivity index (χ3v) is 3.56. The number of hydrogen-bond donors (Lipinski definition) is 1. The summed E-state index contributed by atoms with van der Waals surface area (Å²) in [4.78, 5) is 8.66. The van der Waals surface area contributed by atoms with Gasteiger partial charge in [-0.15, -0.1) is 0 Å². The van der Waals surface area contributed by atoms with E-state index in [1.54, 1.807) is 0 Å². The first-order chi connectivity index (χ1) is 8.84. The van der Waals surface area contributed by atoms with Gasteiger partial charge in [-0.1, -0.05) is 0 Å². The second-order valence-electron chi connectivity index (χ2n) is 4.89. The van der Waals surface area contributed by atoms with E-state index in [2.05, 4.69) is 25.9 Å². The molecule has 4 nitrogen and oxygen atoms in total. The fourth-order valence-electron chi connectivity index (χ4n) is 2.53. The van der Waals surface area contributed by atoms with Crippen molar-refractivity contribution >= 4 is 0 Å². The fourth-order valence-corrected chi connectivity index (χ4v) is 2.53. The highest BCUT2D eigenvalue weighted by molar-refractivity contribution is 5.32. The maximum Gasteiger partial charge on any atom is 0.0994 e. The van der Waals surface area contributed by atoms with Crippen LogP contribution >= 0.6 is 0 Å². The molecule has 3 heterocycles. The molecule has 2 aromatic heterocycles. The number of hydrogen-bond acceptors (Lipinski definition) is 3. The first-order valence-electron chi connectivity index (χ1n) is 6.50. The summed E-state index contributed by atoms with van der Waals surface area (Å²) in [5.74, 6) is 0.558. The average molecular weight is 242 g/mol. The van der Waals surface area contributed by atoms with Crippen molar-refractivity contribution in [2.45, 2.75) is 25.7 Å². The summed E-state index contributed by atoms with van der Waals surface area (Å²) in [5.41, 5.74) is 3.42. The second kappa shape index (κ2) is 4.90. The highest BCUT2D eigenvalue weighted by Gasteiger charge is 2.19. The van der Waals surface area contributed by atoms with Crippen LogP contribution in [0, 0.1) is 6.92 Å². The average Bonchev–Trinajstić information content (AvgIpc) is 2.90. The Balaban J connectivity index is 1.93. The quantitative estimate of drug-likeness (QED) is 0.876. The molecule has 0 amide bonds. The standard InChI is InChI=1S/C14H18N4/c1-11-4-5-13(8-17-11)18-10-16-9-14(18)12-3-2-6-15-7-12/h4-5,8-10,12,15H,2-3,6-7H2,1H3. The number of aryl methyl sites for hydroxylation is 1. The summed E-state index contributed by atoms with van der Waals surface area (Å²) in [6.45, 7) is 4.19. The maximum atomic E-state index is 4.36. The minimum absolute atomic E-state index is 0.558. The molecule has 0 radical (unpaired) electrons. The van der Waals surface area contributed by atoms with Crippen LogP contribution < -0.4 is 5.32 Å². The molecule has 1 aliphatic heterocycles. The van der Waals surface area contributed by atoms with E-state index in [-0.39, 0.29) is 0 Å². The van der Waals surface area contributed by atoms with Crippen LogP contribution in [-0.4, -0.2) is 27.6 Å². The zero-order valence-electron chi connectivity index (χ0n) is 10.6. The van der Waals surface area contributed by atoms with Gasteiger partial charge in [-0.3, -0.25) is 4.98 Å². The number of pyridine rings is 1. The van der Waals surface area contributed by atoms with Gasteiger partial charge >= 0.3 is 0 Å². The van der Waals surface area contributed by atoms with Crippen LogP contribution in [0.2, 0.25) is 0 Å². The highest BCUT2D eigenvalue weighted by atomic mass is 15.1. The molecule has 0 aromatic carbocycles. The van der Waals surface area contributed by atoms with Crippen LogP contribution in [0.5, 0.6) is 0 Å². The van der Waals surface area contributed by atoms with Crippen LogP contribution in [0.25, 0.3) is 5.69 Å². The van der Waals surface area contributed by atoms with Crippen molar-refractivity contribution in [1.82, 2.24) is 19.9 Å². The van der Waals surface area contributed by atoms with Crippen LogP contribution in [-0.2, 0) is 0 Å². The predicted molar refractivity (Wildman–Crippen MR) is 70.9 cm³/mol. The minimum Gasteiger partial charge on any atom is -0.316 e. The van der Waals surface area contributed by atoms with Gasteiger partial charge in [0.25, 0.3) is 0 Å². The van der Waals surface area contributed by atoms with Gasteiger partial charge < -0.3 is 9.88 Å². The Morgan fingerprint density at radius 1 is 1.33 bits per heavy atom. The normalized spacial score (nSPS) is 19.9. The van der Waals surface area contributed by atoms with Gasteiger partial charge in [0, 0.05) is 30.0 Å². The van der Waals surface area contributed by atoms with Crippen LogP contribution in [0.15, 0.2) is 30.9 Å². The van der Waals surface area contributed by atoms with Gasteiger partial charge in [0.1, 0.15) is 0 Å². The van der Waals surface area contributed by atoms with Gasteiger partial charge in [-0.25, -0.2) is 4.98 Å². The summed E-state index contributed by atoms with van der Waals surface area (Å²) in [6, 6.07) is 4.14. The molecule has 1 unspecified atom stereocenters. The minimum atomic E-state index is 0.558. The SMILES string of the molecule is Cc1ccc(-n2cncc2C2CCCNC2)cn1. The van der Waals surface area contributed by atoms with E-state index in [1.165, 1.54) is 18.5 Å². The van der Waals surface area contributed by atoms with Gasteiger partial charge in [0.15, 0.2) is 0 Å². The number of aromatic nitrogens is 3. The molecule has 1 saturated heterocycles. The molecular weight excluding hydrogens is 224 g/mol. The smallest absolute Gasteiger partial charge is 0.0994 e. The van der Waals surface area contributed by atoms with Gasteiger partial charge in [-0.2, -0.15) is 0 Å². The van der Waals surface area contributed by atoms with E-state index in [9.17, 15) is 0 Å². The Kier molecular flexibility index (Phi) is 3.11. The van der Waals surface area contributed by atoms with E-state index < -0.39 is 0 Å². The van der Waals surface area contributed by atoms with Gasteiger partial charge in [0.05, 0.1) is 18.2 Å². The van der Waals surface area contributed by atoms with Crippen molar-refractivity contribution in [2.75, 3.05) is 13.1 Å². The number of imidazole rings is 1. The van der Waals surface area contributed by atoms with E-state index in [0.29, 0.717) is 5.92 Å². The third-order valence-electron chi connectivity index (χ3n) is 3.56. The number of nitrogens with one attached hydrogen (secondary N) is 1. The molecule has 1 aliphatic rings. The Hall–Kier alpha value is -1.68. The molecule has 1 atom stereocenters. The predicted octanol–water partition coefficient (Wildman–Crippen LogP) is 2.04. The molecular formula is C14H18N4. The second-order valence-corrected chi connectivity index (χ2v) is 4.89. The Bertz CT molecular complexity index is 509. The first-order valence-corrected chi connectivity index (χ1v) is 6.50. The van der Waals surface area contributed by atoms with E-state index in [0.717, 1.165) is 24.5 Å². The lowest BCUT2D eigenvalue weighted by Crippen LogP contribution is -2.29. The molecule has 0 saturated carbocycles. The molecule has 1 N–H and O–H groups in total. The Morgan fingerprint density at radius 2 is 2.28 bits per heavy atom. The molecule has 4 heteroatoms. The monoisotopic (exact) mass is 242 g/mol. The molecule has 2 aromatic rings. The summed E-state index contributed by atoms with van der Waals surface area (Å²) < 4.78 is 2.16. The van der Waals surface area contributed by atoms with Crippen LogP contribution in [0.4, 0.5) is 0 Å². The number of nitrogens with zero attached hydrogens (tertiary/aromatic N) is 3. The Morgan fingerprint density at radius 3 is 3.00 bits per heavy atom. The number of piperidine rings is 1. The van der Waals surface area contributed by atoms with Gasteiger partial charge in [0.2, 0.25) is 0 Å². The van der Waals surface area contributed by atoms with Crippen molar-refractivity contribution in [3.05, 3.63) is 42.2 Å². The summed E-state index contributed by atoms with van der Waals surface area (Å²) in [6.07, 6.45) is 8.25. The zero-order valence-corrected chi connectivity index (χ0v) is 10.6. The highest BCUT2D eigenvalue weighted by Crippen LogP contribution is 2.25. The van der Waals surface area contributed by atoms with Crippen LogP contribution in [0.1, 0.15) is 30.1 Å². The molecule has 1 fully saturated rings. The van der Waals surface area contributed by atoms with Crippen molar-refractivity contribution in [3.63, 3.8) is 0 Å². The molecule has 94 valence electrons. The van der Waals surface area contributed by atoms with E-state index >= 15 is 0 Å². The van der Waals surface area contributed by atoms with Crippen molar-refractivity contribution in [3.8, 4) is 5.69 Å². The molecule has 18 heavy (non-hydrogen) atoms. The summed E-state index contributed by atoms with van der Waals surface area (Å²) >= 11 is 0. The van der Waals surface area contributed by atoms with Gasteiger partial charge in [-0.05, 0) is 38.4 Å². The van der Waals surface area contributed by atoms with E-state index in [4.69, 9.17) is 0 Å². The van der Waals surface area contributed by atoms with E-state index in [1.807, 2.05) is 31.7 Å². The van der Waals surface area contributed by atoms with Crippen molar-refractivity contribution in [2.24, 2.45) is 0 Å². The fraction of sp³-hybridized carbons (Fsp3) is 0.429. The lowest BCUT2D eigenvalue weighted by molar-refractivity contribution is 0.451. The largest absolute Gasteiger partial charge is 0.316 e. The summed E-state index contributed by atoms with van der Waals surface area (Å²) in [7, 11) is 0. The molecule has 0 spiro atoms. The summed E-state index contributed by atoms with van der Waals surface area (Å²) in [5, 5.41) is 3.45. The third kappa shape index (κ3) is 2.16. The van der Waals surface area contributed by atoms with Crippen molar-refractivity contribution < 1.29 is 0 Å². The lowest BCUT2D eigenvalue weighted by Gasteiger charge is -2.23. The lowest BCUT2D eigenvalue weighted by atomic mass is 9.96. The maximum absolute atomic E-state index is 4.36. The van der Waals surface area contributed by atoms with Crippen LogP contribution in [0.3, 0.4) is 0 Å². The molecule has 0 aliphatic carbocycles. The zero-order chi connectivity index (χ0) is 12.4. The first kappa shape index (κ1) is 11.4.